The van der Waals surface area contributed by atoms with Crippen LogP contribution in [0.5, 0.6) is 5.75 Å². The molecular formula is C17H21NO3. The summed E-state index contributed by atoms with van der Waals surface area (Å²) in [5.74, 6) is -0.160. The summed E-state index contributed by atoms with van der Waals surface area (Å²) in [5, 5.41) is 12.0. The maximum atomic E-state index is 12.7. The lowest BCUT2D eigenvalue weighted by molar-refractivity contribution is 0.0632. The van der Waals surface area contributed by atoms with Crippen LogP contribution in [0.3, 0.4) is 0 Å². The van der Waals surface area contributed by atoms with Crippen LogP contribution in [-0.4, -0.2) is 42.2 Å². The average molecular weight is 287 g/mol. The summed E-state index contributed by atoms with van der Waals surface area (Å²) >= 11 is 0. The predicted octanol–water partition coefficient (Wildman–Crippen LogP) is 3.04. The number of carbonyl (C=O) groups is 1. The molecule has 0 radical (unpaired) electrons. The Morgan fingerprint density at radius 2 is 1.86 bits per heavy atom. The minimum Gasteiger partial charge on any atom is -0.507 e. The molecule has 0 atom stereocenters. The Hall–Kier alpha value is -2.07. The van der Waals surface area contributed by atoms with Gasteiger partial charge in [-0.15, -0.1) is 0 Å². The molecule has 0 saturated carbocycles. The number of hydrogen-bond acceptors (Lipinski definition) is 3. The quantitative estimate of drug-likeness (QED) is 0.919. The van der Waals surface area contributed by atoms with Crippen molar-refractivity contribution in [3.05, 3.63) is 42.0 Å². The molecule has 0 aliphatic carbocycles. The van der Waals surface area contributed by atoms with Gasteiger partial charge in [0, 0.05) is 19.7 Å². The summed E-state index contributed by atoms with van der Waals surface area (Å²) in [6.45, 7) is 4.87. The highest BCUT2D eigenvalue weighted by atomic mass is 16.5. The van der Waals surface area contributed by atoms with Gasteiger partial charge in [-0.1, -0.05) is 24.3 Å². The standard InChI is InChI=1S/C17H21NO3/c1-12(2)18(8-9-21-3)17(20)15-10-13-6-4-5-7-14(13)11-16(15)19/h4-7,10-12,19H,8-9H2,1-3H3. The van der Waals surface area contributed by atoms with E-state index in [0.29, 0.717) is 18.7 Å². The summed E-state index contributed by atoms with van der Waals surface area (Å²) in [6, 6.07) is 11.1. The van der Waals surface area contributed by atoms with Gasteiger partial charge in [-0.2, -0.15) is 0 Å². The van der Waals surface area contributed by atoms with E-state index in [1.54, 1.807) is 24.1 Å². The molecule has 21 heavy (non-hydrogen) atoms. The summed E-state index contributed by atoms with van der Waals surface area (Å²) in [7, 11) is 1.61. The zero-order chi connectivity index (χ0) is 15.4. The molecule has 1 N–H and O–H groups in total. The molecule has 1 amide bonds. The Labute approximate surface area is 124 Å². The minimum absolute atomic E-state index is 0.0155. The number of fused-ring (bicyclic) bond motifs is 1. The second kappa shape index (κ2) is 6.59. The molecule has 0 aliphatic rings. The highest BCUT2D eigenvalue weighted by molar-refractivity contribution is 6.01. The molecule has 4 nitrogen and oxygen atoms in total. The average Bonchev–Trinajstić information content (AvgIpc) is 2.46. The smallest absolute Gasteiger partial charge is 0.257 e. The molecule has 2 aromatic rings. The molecule has 0 aromatic heterocycles. The Balaban J connectivity index is 2.38. The van der Waals surface area contributed by atoms with Crippen LogP contribution in [0, 0.1) is 0 Å². The van der Waals surface area contributed by atoms with Crippen molar-refractivity contribution >= 4 is 16.7 Å². The molecule has 0 aliphatic heterocycles. The molecule has 2 aromatic carbocycles. The van der Waals surface area contributed by atoms with Gasteiger partial charge in [-0.05, 0) is 36.8 Å². The van der Waals surface area contributed by atoms with Gasteiger partial charge < -0.3 is 14.7 Å². The lowest BCUT2D eigenvalue weighted by Gasteiger charge is -2.27. The number of amides is 1. The fraction of sp³-hybridized carbons (Fsp3) is 0.353. The molecule has 0 fully saturated rings. The van der Waals surface area contributed by atoms with Crippen molar-refractivity contribution in [1.29, 1.82) is 0 Å². The van der Waals surface area contributed by atoms with E-state index < -0.39 is 0 Å². The number of carbonyl (C=O) groups excluding carboxylic acids is 1. The van der Waals surface area contributed by atoms with Crippen molar-refractivity contribution in [2.45, 2.75) is 19.9 Å². The second-order valence-electron chi connectivity index (χ2n) is 5.30. The van der Waals surface area contributed by atoms with E-state index in [2.05, 4.69) is 0 Å². The molecule has 0 spiro atoms. The SMILES string of the molecule is COCCN(C(=O)c1cc2ccccc2cc1O)C(C)C. The topological polar surface area (TPSA) is 49.8 Å². The molecule has 112 valence electrons. The van der Waals surface area contributed by atoms with Crippen LogP contribution >= 0.6 is 0 Å². The first kappa shape index (κ1) is 15.3. The molecule has 0 bridgehead atoms. The lowest BCUT2D eigenvalue weighted by Crippen LogP contribution is -2.39. The molecular weight excluding hydrogens is 266 g/mol. The van der Waals surface area contributed by atoms with Crippen LogP contribution in [0.1, 0.15) is 24.2 Å². The summed E-state index contributed by atoms with van der Waals surface area (Å²) in [5.41, 5.74) is 0.332. The van der Waals surface area contributed by atoms with E-state index in [-0.39, 0.29) is 17.7 Å². The van der Waals surface area contributed by atoms with Crippen molar-refractivity contribution < 1.29 is 14.6 Å². The normalized spacial score (nSPS) is 11.0. The Bertz CT molecular complexity index is 637. The number of phenols is 1. The van der Waals surface area contributed by atoms with Crippen molar-refractivity contribution in [1.82, 2.24) is 4.90 Å². The first-order chi connectivity index (χ1) is 10.0. The first-order valence-electron chi connectivity index (χ1n) is 7.06. The van der Waals surface area contributed by atoms with E-state index in [0.717, 1.165) is 10.8 Å². The Morgan fingerprint density at radius 1 is 1.24 bits per heavy atom. The van der Waals surface area contributed by atoms with Crippen LogP contribution in [0.15, 0.2) is 36.4 Å². The number of benzene rings is 2. The Morgan fingerprint density at radius 3 is 2.43 bits per heavy atom. The number of phenolic OH excluding ortho intramolecular Hbond substituents is 1. The number of nitrogens with zero attached hydrogens (tertiary/aromatic N) is 1. The van der Waals surface area contributed by atoms with Crippen LogP contribution in [-0.2, 0) is 4.74 Å². The second-order valence-corrected chi connectivity index (χ2v) is 5.30. The molecule has 0 saturated heterocycles. The number of aromatic hydroxyl groups is 1. The van der Waals surface area contributed by atoms with Crippen molar-refractivity contribution in [2.75, 3.05) is 20.3 Å². The van der Waals surface area contributed by atoms with Gasteiger partial charge in [-0.25, -0.2) is 0 Å². The Kier molecular flexibility index (Phi) is 4.81. The summed E-state index contributed by atoms with van der Waals surface area (Å²) in [4.78, 5) is 14.4. The third-order valence-corrected chi connectivity index (χ3v) is 3.51. The first-order valence-corrected chi connectivity index (χ1v) is 7.06. The number of ether oxygens (including phenoxy) is 1. The fourth-order valence-corrected chi connectivity index (χ4v) is 2.34. The van der Waals surface area contributed by atoms with Gasteiger partial charge in [-0.3, -0.25) is 4.79 Å². The van der Waals surface area contributed by atoms with E-state index in [1.165, 1.54) is 0 Å². The molecule has 2 rings (SSSR count). The van der Waals surface area contributed by atoms with Crippen LogP contribution in [0.2, 0.25) is 0 Å². The minimum atomic E-state index is -0.176. The highest BCUT2D eigenvalue weighted by Gasteiger charge is 2.21. The van der Waals surface area contributed by atoms with Crippen LogP contribution in [0.25, 0.3) is 10.8 Å². The number of hydrogen-bond donors (Lipinski definition) is 1. The van der Waals surface area contributed by atoms with Gasteiger partial charge in [0.1, 0.15) is 5.75 Å². The molecule has 4 heteroatoms. The highest BCUT2D eigenvalue weighted by Crippen LogP contribution is 2.26. The zero-order valence-corrected chi connectivity index (χ0v) is 12.7. The van der Waals surface area contributed by atoms with E-state index in [9.17, 15) is 9.90 Å². The fourth-order valence-electron chi connectivity index (χ4n) is 2.34. The summed E-state index contributed by atoms with van der Waals surface area (Å²) in [6.07, 6.45) is 0. The van der Waals surface area contributed by atoms with Crippen molar-refractivity contribution in [3.8, 4) is 5.75 Å². The maximum Gasteiger partial charge on any atom is 0.257 e. The monoisotopic (exact) mass is 287 g/mol. The van der Waals surface area contributed by atoms with Gasteiger partial charge in [0.2, 0.25) is 0 Å². The zero-order valence-electron chi connectivity index (χ0n) is 12.7. The third kappa shape index (κ3) is 3.34. The van der Waals surface area contributed by atoms with E-state index in [1.807, 2.05) is 38.1 Å². The van der Waals surface area contributed by atoms with Crippen LogP contribution < -0.4 is 0 Å². The van der Waals surface area contributed by atoms with E-state index in [4.69, 9.17) is 4.74 Å². The van der Waals surface area contributed by atoms with Crippen LogP contribution in [0.4, 0.5) is 0 Å². The van der Waals surface area contributed by atoms with E-state index >= 15 is 0 Å². The van der Waals surface area contributed by atoms with Gasteiger partial charge >= 0.3 is 0 Å². The van der Waals surface area contributed by atoms with Gasteiger partial charge in [0.05, 0.1) is 12.2 Å². The molecule has 0 unspecified atom stereocenters. The molecule has 0 heterocycles. The van der Waals surface area contributed by atoms with Gasteiger partial charge in [0.15, 0.2) is 0 Å². The maximum absolute atomic E-state index is 12.7. The number of methoxy groups -OCH3 is 1. The van der Waals surface area contributed by atoms with Crippen molar-refractivity contribution in [2.24, 2.45) is 0 Å². The number of rotatable bonds is 5. The predicted molar refractivity (Wildman–Crippen MR) is 83.7 cm³/mol. The van der Waals surface area contributed by atoms with Gasteiger partial charge in [0.25, 0.3) is 5.91 Å². The largest absolute Gasteiger partial charge is 0.507 e. The third-order valence-electron chi connectivity index (χ3n) is 3.51. The lowest BCUT2D eigenvalue weighted by atomic mass is 10.0. The van der Waals surface area contributed by atoms with Crippen molar-refractivity contribution in [3.63, 3.8) is 0 Å². The summed E-state index contributed by atoms with van der Waals surface area (Å²) < 4.78 is 5.05.